The van der Waals surface area contributed by atoms with Crippen LogP contribution in [-0.4, -0.2) is 18.4 Å². The monoisotopic (exact) mass is 393 g/mol. The highest BCUT2D eigenvalue weighted by Gasteiger charge is 1.93. The van der Waals surface area contributed by atoms with Crippen LogP contribution in [0.1, 0.15) is 27.2 Å². The highest BCUT2D eigenvalue weighted by molar-refractivity contribution is 6.32. The Labute approximate surface area is 165 Å². The molecule has 7 heteroatoms. The van der Waals surface area contributed by atoms with Gasteiger partial charge in [0.15, 0.2) is 0 Å². The first-order valence-corrected chi connectivity index (χ1v) is 8.53. The largest absolute Gasteiger partial charge is 0.367 e. The SMILES string of the molecule is C=C(C)\C=C/C(Cl)=C(C)/C=N/NC(N)=N/N=C/C(=C)/C=C\C/C(Cl)=C\C. The molecule has 0 rings (SSSR count). The van der Waals surface area contributed by atoms with Gasteiger partial charge in [-0.1, -0.05) is 66.2 Å². The lowest BCUT2D eigenvalue weighted by atomic mass is 10.2. The van der Waals surface area contributed by atoms with E-state index in [1.54, 1.807) is 12.2 Å². The van der Waals surface area contributed by atoms with Crippen LogP contribution in [-0.2, 0) is 0 Å². The summed E-state index contributed by atoms with van der Waals surface area (Å²) in [6.07, 6.45) is 12.7. The molecule has 0 aromatic rings. The predicted molar refractivity (Wildman–Crippen MR) is 117 cm³/mol. The molecule has 5 nitrogen and oxygen atoms in total. The number of halogens is 2. The van der Waals surface area contributed by atoms with Crippen LogP contribution >= 0.6 is 23.2 Å². The first kappa shape index (κ1) is 23.6. The molecule has 0 saturated carbocycles. The highest BCUT2D eigenvalue weighted by Crippen LogP contribution is 2.10. The van der Waals surface area contributed by atoms with Crippen molar-refractivity contribution in [1.29, 1.82) is 0 Å². The minimum absolute atomic E-state index is 0.0349. The molecule has 0 spiro atoms. The standard InChI is InChI=1S/C19H25Cl2N5/c1-6-17(20)9-7-8-15(4)12-23-25-19(22)26-24-13-16(5)18(21)11-10-14(2)3/h6-8,10-13H,2,4,9H2,1,3,5H3,(H3,22,25,26)/b8-7-,11-10-,17-6+,18-16-,23-12+,24-13+. The van der Waals surface area contributed by atoms with E-state index >= 15 is 0 Å². The number of rotatable bonds is 9. The van der Waals surface area contributed by atoms with E-state index in [4.69, 9.17) is 28.9 Å². The number of nitrogens with two attached hydrogens (primary N) is 1. The topological polar surface area (TPSA) is 75.1 Å². The zero-order chi connectivity index (χ0) is 19.9. The van der Waals surface area contributed by atoms with Gasteiger partial charge < -0.3 is 5.73 Å². The maximum atomic E-state index is 6.10. The van der Waals surface area contributed by atoms with Crippen LogP contribution in [0.25, 0.3) is 0 Å². The second-order valence-corrected chi connectivity index (χ2v) is 6.12. The average Bonchev–Trinajstić information content (AvgIpc) is 2.59. The van der Waals surface area contributed by atoms with Crippen LogP contribution in [0.2, 0.25) is 0 Å². The van der Waals surface area contributed by atoms with Gasteiger partial charge in [0, 0.05) is 16.5 Å². The zero-order valence-electron chi connectivity index (χ0n) is 15.3. The molecule has 140 valence electrons. The Morgan fingerprint density at radius 1 is 1.12 bits per heavy atom. The third kappa shape index (κ3) is 13.0. The van der Waals surface area contributed by atoms with E-state index in [1.165, 1.54) is 12.4 Å². The van der Waals surface area contributed by atoms with E-state index in [2.05, 4.69) is 33.9 Å². The van der Waals surface area contributed by atoms with Crippen LogP contribution in [0.5, 0.6) is 0 Å². The third-order valence-corrected chi connectivity index (χ3v) is 3.47. The van der Waals surface area contributed by atoms with Gasteiger partial charge in [0.2, 0.25) is 5.96 Å². The normalized spacial score (nSPS) is 14.7. The minimum Gasteiger partial charge on any atom is -0.367 e. The summed E-state index contributed by atoms with van der Waals surface area (Å²) >= 11 is 12.0. The van der Waals surface area contributed by atoms with Gasteiger partial charge in [-0.2, -0.15) is 10.2 Å². The number of guanidine groups is 1. The Morgan fingerprint density at radius 3 is 2.42 bits per heavy atom. The van der Waals surface area contributed by atoms with Gasteiger partial charge in [0.05, 0.1) is 12.4 Å². The van der Waals surface area contributed by atoms with Crippen LogP contribution < -0.4 is 11.2 Å². The molecule has 0 saturated heterocycles. The number of hydrogen-bond acceptors (Lipinski definition) is 3. The lowest BCUT2D eigenvalue weighted by molar-refractivity contribution is 0.993. The van der Waals surface area contributed by atoms with Gasteiger partial charge in [0.25, 0.3) is 0 Å². The van der Waals surface area contributed by atoms with Crippen molar-refractivity contribution >= 4 is 41.6 Å². The summed E-state index contributed by atoms with van der Waals surface area (Å²) in [5.74, 6) is 0.0349. The van der Waals surface area contributed by atoms with E-state index in [0.717, 1.165) is 16.2 Å². The number of allylic oxidation sites excluding steroid dienone is 10. The second-order valence-electron chi connectivity index (χ2n) is 5.23. The van der Waals surface area contributed by atoms with Crippen molar-refractivity contribution in [2.24, 2.45) is 21.0 Å². The number of nitrogens with one attached hydrogen (secondary N) is 1. The molecule has 0 amide bonds. The fraction of sp³-hybridized carbons (Fsp3) is 0.211. The molecule has 0 atom stereocenters. The number of nitrogens with zero attached hydrogens (tertiary/aromatic N) is 3. The van der Waals surface area contributed by atoms with E-state index in [1.807, 2.05) is 39.0 Å². The van der Waals surface area contributed by atoms with Gasteiger partial charge >= 0.3 is 0 Å². The Morgan fingerprint density at radius 2 is 1.81 bits per heavy atom. The molecule has 3 N–H and O–H groups in total. The summed E-state index contributed by atoms with van der Waals surface area (Å²) in [5, 5.41) is 12.8. The molecule has 0 aromatic heterocycles. The molecule has 0 heterocycles. The van der Waals surface area contributed by atoms with E-state index < -0.39 is 0 Å². The smallest absolute Gasteiger partial charge is 0.234 e. The molecule has 0 radical (unpaired) electrons. The molecule has 0 bridgehead atoms. The highest BCUT2D eigenvalue weighted by atomic mass is 35.5. The van der Waals surface area contributed by atoms with Crippen molar-refractivity contribution in [1.82, 2.24) is 5.43 Å². The van der Waals surface area contributed by atoms with Crippen LogP contribution in [0, 0.1) is 0 Å². The molecule has 0 unspecified atom stereocenters. The fourth-order valence-corrected chi connectivity index (χ4v) is 1.48. The van der Waals surface area contributed by atoms with Crippen LogP contribution in [0.15, 0.2) is 85.6 Å². The van der Waals surface area contributed by atoms with E-state index in [-0.39, 0.29) is 5.96 Å². The maximum absolute atomic E-state index is 6.10. The predicted octanol–water partition coefficient (Wildman–Crippen LogP) is 5.15. The van der Waals surface area contributed by atoms with E-state index in [9.17, 15) is 0 Å². The van der Waals surface area contributed by atoms with Gasteiger partial charge in [-0.3, -0.25) is 0 Å². The lowest BCUT2D eigenvalue weighted by Crippen LogP contribution is -2.26. The van der Waals surface area contributed by atoms with Crippen molar-refractivity contribution in [3.05, 3.63) is 70.3 Å². The molecule has 0 fully saturated rings. The lowest BCUT2D eigenvalue weighted by Gasteiger charge is -1.97. The molecule has 26 heavy (non-hydrogen) atoms. The zero-order valence-corrected chi connectivity index (χ0v) is 16.8. The molecular weight excluding hydrogens is 369 g/mol. The van der Waals surface area contributed by atoms with Crippen LogP contribution in [0.4, 0.5) is 0 Å². The second kappa shape index (κ2) is 13.9. The molecule has 0 aliphatic carbocycles. The van der Waals surface area contributed by atoms with Crippen LogP contribution in [0.3, 0.4) is 0 Å². The Hall–Kier alpha value is -2.37. The van der Waals surface area contributed by atoms with Crippen molar-refractivity contribution < 1.29 is 0 Å². The Kier molecular flexibility index (Phi) is 12.6. The van der Waals surface area contributed by atoms with Crippen molar-refractivity contribution in [3.8, 4) is 0 Å². The average molecular weight is 394 g/mol. The summed E-state index contributed by atoms with van der Waals surface area (Å²) in [5.41, 5.74) is 10.5. The first-order chi connectivity index (χ1) is 12.3. The van der Waals surface area contributed by atoms with Gasteiger partial charge in [-0.15, -0.1) is 5.10 Å². The van der Waals surface area contributed by atoms with Gasteiger partial charge in [0.1, 0.15) is 0 Å². The maximum Gasteiger partial charge on any atom is 0.234 e. The van der Waals surface area contributed by atoms with Crippen molar-refractivity contribution in [2.45, 2.75) is 27.2 Å². The molecule has 0 aromatic carbocycles. The Bertz CT molecular complexity index is 707. The van der Waals surface area contributed by atoms with Crippen molar-refractivity contribution in [2.75, 3.05) is 0 Å². The quantitative estimate of drug-likeness (QED) is 0.246. The van der Waals surface area contributed by atoms with Crippen molar-refractivity contribution in [3.63, 3.8) is 0 Å². The van der Waals surface area contributed by atoms with Gasteiger partial charge in [-0.05, 0) is 38.0 Å². The summed E-state index contributed by atoms with van der Waals surface area (Å²) in [6, 6.07) is 0. The third-order valence-electron chi connectivity index (χ3n) is 2.68. The molecular formula is C19H25Cl2N5. The first-order valence-electron chi connectivity index (χ1n) is 7.78. The Balaban J connectivity index is 4.55. The number of hydrogen-bond donors (Lipinski definition) is 2. The van der Waals surface area contributed by atoms with Gasteiger partial charge in [-0.25, -0.2) is 5.43 Å². The summed E-state index contributed by atoms with van der Waals surface area (Å²) in [6.45, 7) is 13.2. The van der Waals surface area contributed by atoms with E-state index in [0.29, 0.717) is 17.0 Å². The summed E-state index contributed by atoms with van der Waals surface area (Å²) in [4.78, 5) is 0. The molecule has 0 aliphatic rings. The minimum atomic E-state index is 0.0349. The summed E-state index contributed by atoms with van der Waals surface area (Å²) < 4.78 is 0. The summed E-state index contributed by atoms with van der Waals surface area (Å²) in [7, 11) is 0. The fourth-order valence-electron chi connectivity index (χ4n) is 1.28. The molecule has 0 aliphatic heterocycles. The number of hydrazone groups is 1.